The van der Waals surface area contributed by atoms with Gasteiger partial charge in [0.25, 0.3) is 0 Å². The molecule has 4 rings (SSSR count). The molecule has 0 aromatic heterocycles. The minimum Gasteiger partial charge on any atom is -0.378 e. The van der Waals surface area contributed by atoms with Crippen molar-refractivity contribution in [1.82, 2.24) is 10.6 Å². The van der Waals surface area contributed by atoms with E-state index in [2.05, 4.69) is 31.4 Å². The van der Waals surface area contributed by atoms with Crippen LogP contribution in [0.1, 0.15) is 117 Å². The predicted molar refractivity (Wildman–Crippen MR) is 203 cm³/mol. The van der Waals surface area contributed by atoms with Crippen LogP contribution in [0.2, 0.25) is 0 Å². The summed E-state index contributed by atoms with van der Waals surface area (Å²) in [4.78, 5) is 0. The van der Waals surface area contributed by atoms with Gasteiger partial charge in [0, 0.05) is 25.2 Å². The van der Waals surface area contributed by atoms with Gasteiger partial charge in [0.05, 0.1) is 18.3 Å². The third-order valence-electron chi connectivity index (χ3n) is 14.0. The van der Waals surface area contributed by atoms with Gasteiger partial charge in [-0.3, -0.25) is 0 Å². The molecule has 4 aliphatic rings. The van der Waals surface area contributed by atoms with E-state index in [4.69, 9.17) is 37.1 Å². The molecule has 0 amide bonds. The molecule has 0 aromatic carbocycles. The molecule has 0 aliphatic heterocycles. The topological polar surface area (TPSA) is 156 Å². The van der Waals surface area contributed by atoms with E-state index in [1.54, 1.807) is 0 Å². The molecule has 4 fully saturated rings. The number of hydrogen-bond donors (Lipinski definition) is 6. The Bertz CT molecular complexity index is 900. The van der Waals surface area contributed by atoms with Crippen LogP contribution >= 0.6 is 0 Å². The number of nitrogens with one attached hydrogen (secondary N) is 2. The van der Waals surface area contributed by atoms with E-state index >= 15 is 0 Å². The molecule has 4 saturated carbocycles. The summed E-state index contributed by atoms with van der Waals surface area (Å²) >= 11 is 0. The fourth-order valence-corrected chi connectivity index (χ4v) is 11.3. The molecule has 0 radical (unpaired) electrons. The van der Waals surface area contributed by atoms with E-state index in [1.807, 2.05) is 0 Å². The van der Waals surface area contributed by atoms with Crippen LogP contribution in [-0.2, 0) is 14.2 Å². The van der Waals surface area contributed by atoms with Crippen molar-refractivity contribution < 1.29 is 14.2 Å². The summed E-state index contributed by atoms with van der Waals surface area (Å²) in [5, 5.41) is 7.23. The maximum atomic E-state index is 7.03. The van der Waals surface area contributed by atoms with Crippen LogP contribution in [-0.4, -0.2) is 90.5 Å². The van der Waals surface area contributed by atoms with Gasteiger partial charge in [0.15, 0.2) is 0 Å². The molecule has 9 heteroatoms. The van der Waals surface area contributed by atoms with Gasteiger partial charge in [-0.2, -0.15) is 0 Å². The summed E-state index contributed by atoms with van der Waals surface area (Å²) < 4.78 is 20.4. The molecule has 0 spiro atoms. The Morgan fingerprint density at radius 1 is 0.653 bits per heavy atom. The molecule has 10 N–H and O–H groups in total. The first kappa shape index (κ1) is 41.4. The third-order valence-corrected chi connectivity index (χ3v) is 14.0. The van der Waals surface area contributed by atoms with Gasteiger partial charge in [0.1, 0.15) is 0 Å². The Morgan fingerprint density at radius 3 is 1.94 bits per heavy atom. The van der Waals surface area contributed by atoms with Gasteiger partial charge < -0.3 is 47.8 Å². The number of hydrogen-bond acceptors (Lipinski definition) is 9. The Morgan fingerprint density at radius 2 is 1.27 bits per heavy atom. The normalized spacial score (nSPS) is 36.3. The van der Waals surface area contributed by atoms with E-state index in [-0.39, 0.29) is 11.5 Å². The number of unbranched alkanes of at least 4 members (excludes halogenated alkanes) is 1. The molecule has 4 aliphatic carbocycles. The molecule has 0 bridgehead atoms. The first-order chi connectivity index (χ1) is 23.8. The summed E-state index contributed by atoms with van der Waals surface area (Å²) in [6.45, 7) is 17.4. The first-order valence-corrected chi connectivity index (χ1v) is 20.9. The predicted octanol–water partition coefficient (Wildman–Crippen LogP) is 4.79. The molecule has 0 heterocycles. The molecular weight excluding hydrogens is 612 g/mol. The van der Waals surface area contributed by atoms with Crippen LogP contribution in [0.15, 0.2) is 0 Å². The summed E-state index contributed by atoms with van der Waals surface area (Å²) in [7, 11) is 0. The smallest absolute Gasteiger partial charge is 0.0637 e. The van der Waals surface area contributed by atoms with Gasteiger partial charge in [0.2, 0.25) is 0 Å². The Hall–Kier alpha value is -0.360. The lowest BCUT2D eigenvalue weighted by molar-refractivity contribution is -0.227. The van der Waals surface area contributed by atoms with Gasteiger partial charge in [-0.1, -0.05) is 20.8 Å². The lowest BCUT2D eigenvalue weighted by Gasteiger charge is -2.65. The van der Waals surface area contributed by atoms with Crippen LogP contribution in [0.25, 0.3) is 0 Å². The second-order valence-corrected chi connectivity index (χ2v) is 16.9. The highest BCUT2D eigenvalue weighted by atomic mass is 16.5. The maximum Gasteiger partial charge on any atom is 0.0637 e. The van der Waals surface area contributed by atoms with Crippen molar-refractivity contribution in [3.05, 3.63) is 0 Å². The average Bonchev–Trinajstić information content (AvgIpc) is 3.46. The zero-order valence-corrected chi connectivity index (χ0v) is 32.1. The molecule has 288 valence electrons. The lowest BCUT2D eigenvalue weighted by atomic mass is 9.43. The number of nitrogens with two attached hydrogens (primary N) is 4. The minimum atomic E-state index is 0.167. The molecule has 11 atom stereocenters. The summed E-state index contributed by atoms with van der Waals surface area (Å²) in [5.74, 6) is 3.84. The summed E-state index contributed by atoms with van der Waals surface area (Å²) in [6.07, 6.45) is 18.3. The standard InChI is InChI=1S/C40H80N6O3/c1-30(11-6-22-45-20-4-5-21-46-23-7-16-41)33-12-13-34-38-35(29-37(40(33,34)3)49-26-10-19-44)39(2)15-14-32(47-24-8-17-42)27-31(39)28-36(38)48-25-9-18-43/h30-38,45-46H,4-29,41-44H2,1-3H3/t30-,31+,32-,33?,34+,35+,36-,37+,38+,39+,40-/m1/s1. The van der Waals surface area contributed by atoms with Crippen LogP contribution in [0, 0.1) is 46.3 Å². The number of rotatable bonds is 25. The fraction of sp³-hybridized carbons (Fsp3) is 1.00. The highest BCUT2D eigenvalue weighted by Gasteiger charge is 2.66. The molecule has 49 heavy (non-hydrogen) atoms. The van der Waals surface area contributed by atoms with Crippen molar-refractivity contribution in [2.75, 3.05) is 72.2 Å². The third kappa shape index (κ3) is 10.6. The number of fused-ring (bicyclic) bond motifs is 5. The van der Waals surface area contributed by atoms with Gasteiger partial charge in [-0.05, 0) is 190 Å². The highest BCUT2D eigenvalue weighted by Crippen LogP contribution is 2.69. The van der Waals surface area contributed by atoms with E-state index < -0.39 is 0 Å². The van der Waals surface area contributed by atoms with Gasteiger partial charge in [-0.15, -0.1) is 0 Å². The zero-order valence-electron chi connectivity index (χ0n) is 32.1. The van der Waals surface area contributed by atoms with Crippen molar-refractivity contribution in [3.63, 3.8) is 0 Å². The molecule has 9 nitrogen and oxygen atoms in total. The Labute approximate surface area is 301 Å². The second-order valence-electron chi connectivity index (χ2n) is 16.9. The van der Waals surface area contributed by atoms with E-state index in [0.29, 0.717) is 72.8 Å². The Kier molecular flexibility index (Phi) is 18.1. The van der Waals surface area contributed by atoms with Crippen molar-refractivity contribution >= 4 is 0 Å². The quantitative estimate of drug-likeness (QED) is 0.0741. The zero-order chi connectivity index (χ0) is 35.1. The molecular formula is C40H80N6O3. The van der Waals surface area contributed by atoms with Crippen molar-refractivity contribution in [3.8, 4) is 0 Å². The van der Waals surface area contributed by atoms with Crippen molar-refractivity contribution in [1.29, 1.82) is 0 Å². The van der Waals surface area contributed by atoms with Crippen LogP contribution in [0.3, 0.4) is 0 Å². The van der Waals surface area contributed by atoms with Crippen LogP contribution in [0.5, 0.6) is 0 Å². The molecule has 0 aromatic rings. The SMILES string of the molecule is C[C@H](CCCNCCCCNCCCN)C1CC[C@H]2[C@@H]3[C@H](OCCCN)C[C@@H]4C[C@H](OCCCN)CC[C@]4(C)[C@H]3C[C@H](OCCCN)[C@]12C. The van der Waals surface area contributed by atoms with Crippen molar-refractivity contribution in [2.45, 2.75) is 135 Å². The van der Waals surface area contributed by atoms with Crippen molar-refractivity contribution in [2.24, 2.45) is 69.3 Å². The summed E-state index contributed by atoms with van der Waals surface area (Å²) in [6, 6.07) is 0. The van der Waals surface area contributed by atoms with E-state index in [9.17, 15) is 0 Å². The van der Waals surface area contributed by atoms with E-state index in [1.165, 1.54) is 57.8 Å². The highest BCUT2D eigenvalue weighted by molar-refractivity contribution is 5.15. The monoisotopic (exact) mass is 693 g/mol. The largest absolute Gasteiger partial charge is 0.378 e. The second kappa shape index (κ2) is 21.4. The average molecular weight is 693 g/mol. The number of ether oxygens (including phenoxy) is 3. The summed E-state index contributed by atoms with van der Waals surface area (Å²) in [5.41, 5.74) is 23.8. The molecule has 0 saturated heterocycles. The fourth-order valence-electron chi connectivity index (χ4n) is 11.3. The van der Waals surface area contributed by atoms with Crippen LogP contribution < -0.4 is 33.6 Å². The van der Waals surface area contributed by atoms with Crippen LogP contribution in [0.4, 0.5) is 0 Å². The Balaban J connectivity index is 1.44. The van der Waals surface area contributed by atoms with Gasteiger partial charge in [-0.25, -0.2) is 0 Å². The van der Waals surface area contributed by atoms with Gasteiger partial charge >= 0.3 is 0 Å². The van der Waals surface area contributed by atoms with E-state index in [0.717, 1.165) is 91.1 Å². The molecule has 1 unspecified atom stereocenters. The minimum absolute atomic E-state index is 0.167. The maximum absolute atomic E-state index is 7.03. The lowest BCUT2D eigenvalue weighted by Crippen LogP contribution is -2.63. The first-order valence-electron chi connectivity index (χ1n) is 20.9.